The fourth-order valence-corrected chi connectivity index (χ4v) is 1.81. The van der Waals surface area contributed by atoms with Crippen molar-refractivity contribution in [3.63, 3.8) is 0 Å². The molecule has 0 fully saturated rings. The Labute approximate surface area is 116 Å². The Kier molecular flexibility index (Phi) is 4.73. The van der Waals surface area contributed by atoms with Gasteiger partial charge in [0.25, 0.3) is 0 Å². The Morgan fingerprint density at radius 2 is 1.95 bits per heavy atom. The van der Waals surface area contributed by atoms with Gasteiger partial charge in [-0.15, -0.1) is 0 Å². The first-order chi connectivity index (χ1) is 8.53. The molecule has 0 N–H and O–H groups in total. The van der Waals surface area contributed by atoms with Crippen LogP contribution in [0.4, 0.5) is 13.2 Å². The Balaban J connectivity index is 3.11. The second-order valence-corrected chi connectivity index (χ2v) is 6.97. The van der Waals surface area contributed by atoms with Crippen LogP contribution < -0.4 is 0 Å². The SMILES string of the molecule is CC(C)(C)[S@](=O)/N=C/c1ccnc(C(F)(F)F)c1Cl. The summed E-state index contributed by atoms with van der Waals surface area (Å²) in [6.45, 7) is 5.11. The monoisotopic (exact) mass is 312 g/mol. The Bertz CT molecular complexity index is 524. The fourth-order valence-electron chi connectivity index (χ4n) is 1.02. The molecule has 106 valence electrons. The van der Waals surface area contributed by atoms with Crippen LogP contribution in [0.1, 0.15) is 32.0 Å². The van der Waals surface area contributed by atoms with Gasteiger partial charge in [-0.1, -0.05) is 11.6 Å². The third-order valence-corrected chi connectivity index (χ3v) is 3.74. The molecule has 1 heterocycles. The van der Waals surface area contributed by atoms with E-state index in [9.17, 15) is 17.4 Å². The molecular weight excluding hydrogens is 301 g/mol. The topological polar surface area (TPSA) is 42.3 Å². The third-order valence-electron chi connectivity index (χ3n) is 2.00. The van der Waals surface area contributed by atoms with Crippen LogP contribution in [0.5, 0.6) is 0 Å². The lowest BCUT2D eigenvalue weighted by molar-refractivity contribution is -0.141. The molecule has 1 atom stereocenters. The Morgan fingerprint density at radius 3 is 2.42 bits per heavy atom. The van der Waals surface area contributed by atoms with E-state index in [-0.39, 0.29) is 5.56 Å². The number of aromatic nitrogens is 1. The minimum atomic E-state index is -4.63. The predicted molar refractivity (Wildman–Crippen MR) is 69.7 cm³/mol. The second kappa shape index (κ2) is 5.58. The summed E-state index contributed by atoms with van der Waals surface area (Å²) in [5, 5.41) is -0.551. The van der Waals surface area contributed by atoms with Crippen LogP contribution in [-0.2, 0) is 17.2 Å². The number of halogens is 4. The highest BCUT2D eigenvalue weighted by Gasteiger charge is 2.35. The molecule has 0 amide bonds. The van der Waals surface area contributed by atoms with Crippen LogP contribution >= 0.6 is 11.6 Å². The standard InChI is InChI=1S/C11H12ClF3N2OS/c1-10(2,3)19(18)17-6-7-4-5-16-9(8(7)12)11(13,14)15/h4-6H,1-3H3/b17-6+/t19-/m0/s1. The maximum Gasteiger partial charge on any atom is 0.434 e. The van der Waals surface area contributed by atoms with E-state index in [0.717, 1.165) is 12.4 Å². The number of hydrogen-bond donors (Lipinski definition) is 0. The molecule has 1 aromatic rings. The highest BCUT2D eigenvalue weighted by Crippen LogP contribution is 2.34. The predicted octanol–water partition coefficient (Wildman–Crippen LogP) is 3.63. The van der Waals surface area contributed by atoms with E-state index < -0.39 is 32.6 Å². The second-order valence-electron chi connectivity index (χ2n) is 4.66. The highest BCUT2D eigenvalue weighted by atomic mass is 35.5. The molecular formula is C11H12ClF3N2OS. The van der Waals surface area contributed by atoms with E-state index in [2.05, 4.69) is 9.38 Å². The molecule has 1 rings (SSSR count). The summed E-state index contributed by atoms with van der Waals surface area (Å²) in [6.07, 6.45) is -2.58. The zero-order chi connectivity index (χ0) is 14.8. The van der Waals surface area contributed by atoms with Crippen molar-refractivity contribution in [1.82, 2.24) is 4.98 Å². The lowest BCUT2D eigenvalue weighted by Crippen LogP contribution is -2.19. The van der Waals surface area contributed by atoms with E-state index in [1.165, 1.54) is 6.07 Å². The van der Waals surface area contributed by atoms with E-state index >= 15 is 0 Å². The van der Waals surface area contributed by atoms with Gasteiger partial charge in [-0.25, -0.2) is 4.21 Å². The number of nitrogens with zero attached hydrogens (tertiary/aromatic N) is 2. The van der Waals surface area contributed by atoms with Crippen molar-refractivity contribution in [2.75, 3.05) is 0 Å². The molecule has 0 aromatic carbocycles. The molecule has 0 radical (unpaired) electrons. The largest absolute Gasteiger partial charge is 0.434 e. The van der Waals surface area contributed by atoms with Gasteiger partial charge in [-0.05, 0) is 26.8 Å². The van der Waals surface area contributed by atoms with Gasteiger partial charge in [0, 0.05) is 18.0 Å². The first kappa shape index (κ1) is 16.1. The smallest absolute Gasteiger partial charge is 0.250 e. The van der Waals surface area contributed by atoms with E-state index in [1.54, 1.807) is 20.8 Å². The fraction of sp³-hybridized carbons (Fsp3) is 0.455. The lowest BCUT2D eigenvalue weighted by Gasteiger charge is -2.13. The molecule has 0 spiro atoms. The zero-order valence-electron chi connectivity index (χ0n) is 10.5. The van der Waals surface area contributed by atoms with Crippen molar-refractivity contribution in [3.8, 4) is 0 Å². The number of rotatable bonds is 2. The molecule has 0 aliphatic rings. The van der Waals surface area contributed by atoms with Crippen molar-refractivity contribution in [2.24, 2.45) is 4.40 Å². The summed E-state index contributed by atoms with van der Waals surface area (Å²) in [4.78, 5) is 3.19. The molecule has 0 unspecified atom stereocenters. The molecule has 0 aliphatic heterocycles. The highest BCUT2D eigenvalue weighted by molar-refractivity contribution is 7.85. The molecule has 1 aromatic heterocycles. The van der Waals surface area contributed by atoms with Crippen molar-refractivity contribution in [3.05, 3.63) is 28.5 Å². The first-order valence-corrected chi connectivity index (χ1v) is 6.69. The van der Waals surface area contributed by atoms with Gasteiger partial charge in [0.2, 0.25) is 0 Å². The van der Waals surface area contributed by atoms with Gasteiger partial charge in [0.05, 0.1) is 9.77 Å². The van der Waals surface area contributed by atoms with Gasteiger partial charge >= 0.3 is 6.18 Å². The summed E-state index contributed by atoms with van der Waals surface area (Å²) in [5.41, 5.74) is -1.15. The zero-order valence-corrected chi connectivity index (χ0v) is 12.0. The molecule has 3 nitrogen and oxygen atoms in total. The summed E-state index contributed by atoms with van der Waals surface area (Å²) in [7, 11) is -1.56. The van der Waals surface area contributed by atoms with Gasteiger partial charge in [-0.2, -0.15) is 17.6 Å². The minimum absolute atomic E-state index is 0.0293. The van der Waals surface area contributed by atoms with Crippen molar-refractivity contribution in [2.45, 2.75) is 31.7 Å². The van der Waals surface area contributed by atoms with Gasteiger partial charge in [0.1, 0.15) is 11.0 Å². The maximum absolute atomic E-state index is 12.6. The molecule has 0 saturated carbocycles. The average molecular weight is 313 g/mol. The first-order valence-electron chi connectivity index (χ1n) is 5.21. The summed E-state index contributed by atoms with van der Waals surface area (Å²) >= 11 is 5.62. The molecule has 0 saturated heterocycles. The number of hydrogen-bond acceptors (Lipinski definition) is 2. The van der Waals surface area contributed by atoms with E-state index in [4.69, 9.17) is 11.6 Å². The quantitative estimate of drug-likeness (QED) is 0.782. The minimum Gasteiger partial charge on any atom is -0.250 e. The third kappa shape index (κ3) is 4.28. The Morgan fingerprint density at radius 1 is 1.37 bits per heavy atom. The summed E-state index contributed by atoms with van der Waals surface area (Å²) in [5.74, 6) is 0. The number of alkyl halides is 3. The van der Waals surface area contributed by atoms with Crippen molar-refractivity contribution < 1.29 is 17.4 Å². The van der Waals surface area contributed by atoms with Crippen LogP contribution in [0, 0.1) is 0 Å². The van der Waals surface area contributed by atoms with Gasteiger partial charge in [0.15, 0.2) is 5.69 Å². The lowest BCUT2D eigenvalue weighted by atomic mass is 10.2. The van der Waals surface area contributed by atoms with Crippen LogP contribution in [0.3, 0.4) is 0 Å². The van der Waals surface area contributed by atoms with Gasteiger partial charge in [-0.3, -0.25) is 4.98 Å². The average Bonchev–Trinajstić information content (AvgIpc) is 2.24. The molecule has 19 heavy (non-hydrogen) atoms. The van der Waals surface area contributed by atoms with E-state index in [0.29, 0.717) is 0 Å². The maximum atomic E-state index is 12.6. The molecule has 8 heteroatoms. The van der Waals surface area contributed by atoms with Crippen LogP contribution in [0.25, 0.3) is 0 Å². The molecule has 0 aliphatic carbocycles. The van der Waals surface area contributed by atoms with Gasteiger partial charge < -0.3 is 0 Å². The summed E-state index contributed by atoms with van der Waals surface area (Å²) < 4.78 is 52.5. The summed E-state index contributed by atoms with van der Waals surface area (Å²) in [6, 6.07) is 1.28. The number of pyridine rings is 1. The normalized spacial score (nSPS) is 14.9. The Hall–Kier alpha value is -0.950. The van der Waals surface area contributed by atoms with Crippen molar-refractivity contribution in [1.29, 1.82) is 0 Å². The van der Waals surface area contributed by atoms with Crippen molar-refractivity contribution >= 4 is 28.8 Å². The van der Waals surface area contributed by atoms with Crippen LogP contribution in [0.15, 0.2) is 16.7 Å². The van der Waals surface area contributed by atoms with Crippen LogP contribution in [-0.4, -0.2) is 20.2 Å². The van der Waals surface area contributed by atoms with Crippen LogP contribution in [0.2, 0.25) is 5.02 Å². The van der Waals surface area contributed by atoms with E-state index in [1.807, 2.05) is 0 Å². The molecule has 0 bridgehead atoms.